The lowest BCUT2D eigenvalue weighted by Crippen LogP contribution is -2.19. The Labute approximate surface area is 136 Å². The van der Waals surface area contributed by atoms with Gasteiger partial charge in [-0.2, -0.15) is 5.10 Å². The van der Waals surface area contributed by atoms with E-state index < -0.39 is 11.8 Å². The van der Waals surface area contributed by atoms with Gasteiger partial charge in [0.05, 0.1) is 17.8 Å². The first kappa shape index (κ1) is 15.6. The molecule has 3 aromatic rings. The first-order chi connectivity index (χ1) is 11.5. The minimum absolute atomic E-state index is 0.00705. The topological polar surface area (TPSA) is 113 Å². The lowest BCUT2D eigenvalue weighted by atomic mass is 10.1. The molecule has 2 heterocycles. The number of benzene rings is 1. The van der Waals surface area contributed by atoms with Crippen molar-refractivity contribution in [2.75, 3.05) is 10.6 Å². The van der Waals surface area contributed by atoms with Gasteiger partial charge >= 0.3 is 6.03 Å². The standard InChI is InChI=1S/C14H15FN8O/c1-8(2)23-13(20-21-22-23)10-4-3-9(7-11(10)15)17-14(24)18-12-5-6-16-19-12/h3-8H,1-2H3,(H3,16,17,18,19,24). The van der Waals surface area contributed by atoms with Crippen molar-refractivity contribution in [1.29, 1.82) is 0 Å². The molecular weight excluding hydrogens is 315 g/mol. The third-order valence-electron chi connectivity index (χ3n) is 3.20. The van der Waals surface area contributed by atoms with E-state index in [1.54, 1.807) is 12.1 Å². The second kappa shape index (κ2) is 6.44. The van der Waals surface area contributed by atoms with Crippen molar-refractivity contribution in [2.45, 2.75) is 19.9 Å². The Balaban J connectivity index is 1.77. The number of aromatic nitrogens is 6. The van der Waals surface area contributed by atoms with Crippen molar-refractivity contribution in [2.24, 2.45) is 0 Å². The zero-order valence-corrected chi connectivity index (χ0v) is 13.0. The molecule has 0 aliphatic carbocycles. The Morgan fingerprint density at radius 1 is 1.29 bits per heavy atom. The SMILES string of the molecule is CC(C)n1nnnc1-c1ccc(NC(=O)Nc2ccn[nH]2)cc1F. The van der Waals surface area contributed by atoms with Crippen molar-refractivity contribution in [3.8, 4) is 11.4 Å². The fourth-order valence-electron chi connectivity index (χ4n) is 2.10. The highest BCUT2D eigenvalue weighted by atomic mass is 19.1. The Bertz CT molecular complexity index is 842. The molecule has 24 heavy (non-hydrogen) atoms. The van der Waals surface area contributed by atoms with Crippen LogP contribution in [0.2, 0.25) is 0 Å². The molecule has 3 rings (SSSR count). The van der Waals surface area contributed by atoms with Crippen LogP contribution < -0.4 is 10.6 Å². The van der Waals surface area contributed by atoms with Crippen LogP contribution in [0.1, 0.15) is 19.9 Å². The molecule has 9 nitrogen and oxygen atoms in total. The Hall–Kier alpha value is -3.30. The first-order valence-corrected chi connectivity index (χ1v) is 7.20. The summed E-state index contributed by atoms with van der Waals surface area (Å²) in [4.78, 5) is 11.8. The van der Waals surface area contributed by atoms with Gasteiger partial charge in [-0.3, -0.25) is 10.4 Å². The fourth-order valence-corrected chi connectivity index (χ4v) is 2.10. The Morgan fingerprint density at radius 3 is 2.79 bits per heavy atom. The van der Waals surface area contributed by atoms with Gasteiger partial charge in [0.25, 0.3) is 0 Å². The molecule has 0 aliphatic rings. The average molecular weight is 330 g/mol. The Morgan fingerprint density at radius 2 is 2.12 bits per heavy atom. The van der Waals surface area contributed by atoms with Crippen LogP contribution in [0.3, 0.4) is 0 Å². The van der Waals surface area contributed by atoms with E-state index in [1.165, 1.54) is 23.0 Å². The molecule has 0 unspecified atom stereocenters. The van der Waals surface area contributed by atoms with Gasteiger partial charge in [0, 0.05) is 11.8 Å². The van der Waals surface area contributed by atoms with Crippen molar-refractivity contribution in [1.82, 2.24) is 30.4 Å². The Kier molecular flexibility index (Phi) is 4.18. The number of hydrogen-bond donors (Lipinski definition) is 3. The highest BCUT2D eigenvalue weighted by Gasteiger charge is 2.16. The number of nitrogens with one attached hydrogen (secondary N) is 3. The van der Waals surface area contributed by atoms with Crippen LogP contribution in [-0.2, 0) is 0 Å². The number of anilines is 2. The third-order valence-corrected chi connectivity index (χ3v) is 3.20. The maximum absolute atomic E-state index is 14.4. The highest BCUT2D eigenvalue weighted by molar-refractivity contribution is 5.99. The maximum atomic E-state index is 14.4. The summed E-state index contributed by atoms with van der Waals surface area (Å²) in [6, 6.07) is 5.37. The molecule has 3 N–H and O–H groups in total. The minimum Gasteiger partial charge on any atom is -0.308 e. The number of carbonyl (C=O) groups is 1. The average Bonchev–Trinajstić information content (AvgIpc) is 3.18. The molecule has 0 aliphatic heterocycles. The molecular formula is C14H15FN8O. The quantitative estimate of drug-likeness (QED) is 0.680. The monoisotopic (exact) mass is 330 g/mol. The predicted octanol–water partition coefficient (Wildman–Crippen LogP) is 2.43. The van der Waals surface area contributed by atoms with Crippen molar-refractivity contribution in [3.63, 3.8) is 0 Å². The second-order valence-electron chi connectivity index (χ2n) is 5.28. The van der Waals surface area contributed by atoms with Gasteiger partial charge in [-0.15, -0.1) is 5.10 Å². The van der Waals surface area contributed by atoms with Crippen LogP contribution in [0.5, 0.6) is 0 Å². The smallest absolute Gasteiger partial charge is 0.308 e. The molecule has 124 valence electrons. The lowest BCUT2D eigenvalue weighted by Gasteiger charge is -2.10. The molecule has 1 aromatic carbocycles. The summed E-state index contributed by atoms with van der Waals surface area (Å²) in [6.07, 6.45) is 1.50. The highest BCUT2D eigenvalue weighted by Crippen LogP contribution is 2.24. The lowest BCUT2D eigenvalue weighted by molar-refractivity contribution is 0.262. The van der Waals surface area contributed by atoms with Gasteiger partial charge in [-0.25, -0.2) is 13.9 Å². The van der Waals surface area contributed by atoms with E-state index in [-0.39, 0.29) is 11.6 Å². The number of hydrogen-bond acceptors (Lipinski definition) is 5. The summed E-state index contributed by atoms with van der Waals surface area (Å²) in [7, 11) is 0. The summed E-state index contributed by atoms with van der Waals surface area (Å²) in [5.41, 5.74) is 0.560. The molecule has 10 heteroatoms. The number of H-pyrrole nitrogens is 1. The zero-order chi connectivity index (χ0) is 17.1. The normalized spacial score (nSPS) is 10.8. The van der Waals surface area contributed by atoms with Crippen LogP contribution in [0.15, 0.2) is 30.5 Å². The van der Waals surface area contributed by atoms with E-state index in [9.17, 15) is 9.18 Å². The van der Waals surface area contributed by atoms with Crippen molar-refractivity contribution in [3.05, 3.63) is 36.3 Å². The molecule has 0 radical (unpaired) electrons. The van der Waals surface area contributed by atoms with E-state index in [0.717, 1.165) is 0 Å². The zero-order valence-electron chi connectivity index (χ0n) is 13.0. The van der Waals surface area contributed by atoms with Gasteiger partial charge < -0.3 is 5.32 Å². The van der Waals surface area contributed by atoms with Gasteiger partial charge in [-0.05, 0) is 42.5 Å². The molecule has 0 saturated carbocycles. The molecule has 0 atom stereocenters. The van der Waals surface area contributed by atoms with Gasteiger partial charge in [0.1, 0.15) is 11.6 Å². The molecule has 2 aromatic heterocycles. The maximum Gasteiger partial charge on any atom is 0.324 e. The number of halogens is 1. The third kappa shape index (κ3) is 3.21. The molecule has 2 amide bonds. The number of tetrazole rings is 1. The van der Waals surface area contributed by atoms with Crippen molar-refractivity contribution < 1.29 is 9.18 Å². The number of amides is 2. The van der Waals surface area contributed by atoms with E-state index in [2.05, 4.69) is 36.4 Å². The molecule has 0 spiro atoms. The molecule has 0 saturated heterocycles. The first-order valence-electron chi connectivity index (χ1n) is 7.20. The summed E-state index contributed by atoms with van der Waals surface area (Å²) >= 11 is 0. The predicted molar refractivity (Wildman–Crippen MR) is 84.8 cm³/mol. The second-order valence-corrected chi connectivity index (χ2v) is 5.28. The van der Waals surface area contributed by atoms with Crippen LogP contribution >= 0.6 is 0 Å². The number of rotatable bonds is 4. The number of urea groups is 1. The number of carbonyl (C=O) groups excluding carboxylic acids is 1. The number of aromatic amines is 1. The van der Waals surface area contributed by atoms with E-state index in [0.29, 0.717) is 17.3 Å². The molecule has 0 bridgehead atoms. The van der Waals surface area contributed by atoms with Gasteiger partial charge in [0.15, 0.2) is 5.82 Å². The summed E-state index contributed by atoms with van der Waals surface area (Å²) in [5.74, 6) is 0.225. The van der Waals surface area contributed by atoms with E-state index >= 15 is 0 Å². The van der Waals surface area contributed by atoms with E-state index in [4.69, 9.17) is 0 Å². The minimum atomic E-state index is -0.536. The summed E-state index contributed by atoms with van der Waals surface area (Å²) in [6.45, 7) is 3.79. The van der Waals surface area contributed by atoms with Crippen LogP contribution in [-0.4, -0.2) is 36.4 Å². The largest absolute Gasteiger partial charge is 0.324 e. The van der Waals surface area contributed by atoms with Crippen LogP contribution in [0.25, 0.3) is 11.4 Å². The number of nitrogens with zero attached hydrogens (tertiary/aromatic N) is 5. The summed E-state index contributed by atoms with van der Waals surface area (Å²) in [5, 5.41) is 22.6. The van der Waals surface area contributed by atoms with Gasteiger partial charge in [0.2, 0.25) is 0 Å². The van der Waals surface area contributed by atoms with Crippen LogP contribution in [0.4, 0.5) is 20.7 Å². The van der Waals surface area contributed by atoms with Crippen molar-refractivity contribution >= 4 is 17.5 Å². The summed E-state index contributed by atoms with van der Waals surface area (Å²) < 4.78 is 15.9. The van der Waals surface area contributed by atoms with Gasteiger partial charge in [-0.1, -0.05) is 0 Å². The van der Waals surface area contributed by atoms with Crippen LogP contribution in [0, 0.1) is 5.82 Å². The van der Waals surface area contributed by atoms with E-state index in [1.807, 2.05) is 13.8 Å². The molecule has 0 fully saturated rings. The fraction of sp³-hybridized carbons (Fsp3) is 0.214.